The molecule has 0 saturated carbocycles. The lowest BCUT2D eigenvalue weighted by Crippen LogP contribution is -2.27. The van der Waals surface area contributed by atoms with Crippen LogP contribution in [0.2, 0.25) is 0 Å². The van der Waals surface area contributed by atoms with E-state index >= 15 is 0 Å². The maximum absolute atomic E-state index is 11.5. The lowest BCUT2D eigenvalue weighted by atomic mass is 10.1. The first-order chi connectivity index (χ1) is 9.04. The molecule has 5 nitrogen and oxygen atoms in total. The normalized spacial score (nSPS) is 11.6. The number of rotatable bonds is 7. The van der Waals surface area contributed by atoms with Crippen molar-refractivity contribution in [2.45, 2.75) is 19.1 Å². The molecule has 0 radical (unpaired) electrons. The highest BCUT2D eigenvalue weighted by molar-refractivity contribution is 5.87. The highest BCUT2D eigenvalue weighted by Gasteiger charge is 2.23. The number of esters is 1. The molecule has 1 N–H and O–H groups in total. The molecule has 1 unspecified atom stereocenters. The van der Waals surface area contributed by atoms with Gasteiger partial charge in [0, 0.05) is 12.0 Å². The van der Waals surface area contributed by atoms with Gasteiger partial charge in [-0.1, -0.05) is 36.9 Å². The quantitative estimate of drug-likeness (QED) is 0.600. The maximum atomic E-state index is 11.5. The Morgan fingerprint density at radius 3 is 2.47 bits per heavy atom. The van der Waals surface area contributed by atoms with E-state index in [0.29, 0.717) is 0 Å². The monoisotopic (exact) mass is 264 g/mol. The fourth-order valence-electron chi connectivity index (χ4n) is 1.42. The van der Waals surface area contributed by atoms with Crippen molar-refractivity contribution in [3.05, 3.63) is 48.0 Å². The number of hydrogen-bond acceptors (Lipinski definition) is 4. The second kappa shape index (κ2) is 7.33. The molecule has 1 rings (SSSR count). The topological polar surface area (TPSA) is 72.8 Å². The van der Waals surface area contributed by atoms with Gasteiger partial charge in [-0.15, -0.1) is 0 Å². The number of carbonyl (C=O) groups excluding carboxylic acids is 1. The van der Waals surface area contributed by atoms with Crippen LogP contribution in [-0.2, 0) is 25.7 Å². The molecule has 0 amide bonds. The van der Waals surface area contributed by atoms with Gasteiger partial charge in [0.25, 0.3) is 0 Å². The van der Waals surface area contributed by atoms with E-state index in [9.17, 15) is 9.59 Å². The van der Waals surface area contributed by atoms with E-state index in [2.05, 4.69) is 11.3 Å². The Labute approximate surface area is 111 Å². The largest absolute Gasteiger partial charge is 0.478 e. The average molecular weight is 264 g/mol. The van der Waals surface area contributed by atoms with Crippen LogP contribution in [0.15, 0.2) is 42.5 Å². The van der Waals surface area contributed by atoms with Crippen molar-refractivity contribution in [3.8, 4) is 0 Å². The van der Waals surface area contributed by atoms with Crippen molar-refractivity contribution >= 4 is 11.9 Å². The first-order valence-electron chi connectivity index (χ1n) is 5.69. The van der Waals surface area contributed by atoms with Crippen molar-refractivity contribution < 1.29 is 24.2 Å². The van der Waals surface area contributed by atoms with E-state index in [0.717, 1.165) is 5.56 Å². The van der Waals surface area contributed by atoms with Gasteiger partial charge >= 0.3 is 11.9 Å². The zero-order valence-electron chi connectivity index (χ0n) is 10.7. The van der Waals surface area contributed by atoms with E-state index in [4.69, 9.17) is 9.84 Å². The summed E-state index contributed by atoms with van der Waals surface area (Å²) >= 11 is 0. The van der Waals surface area contributed by atoms with E-state index < -0.39 is 18.0 Å². The number of aliphatic carboxylic acids is 1. The van der Waals surface area contributed by atoms with Gasteiger partial charge in [-0.2, -0.15) is 0 Å². The zero-order valence-corrected chi connectivity index (χ0v) is 10.7. The van der Waals surface area contributed by atoms with Crippen LogP contribution in [0.25, 0.3) is 0 Å². The molecule has 1 atom stereocenters. The molecule has 0 fully saturated rings. The van der Waals surface area contributed by atoms with Gasteiger partial charge in [0.15, 0.2) is 6.10 Å². The van der Waals surface area contributed by atoms with Crippen LogP contribution in [0.1, 0.15) is 12.0 Å². The molecular formula is C14H16O5. The number of methoxy groups -OCH3 is 1. The number of carbonyl (C=O) groups is 2. The summed E-state index contributed by atoms with van der Waals surface area (Å²) in [6, 6.07) is 9.26. The van der Waals surface area contributed by atoms with Gasteiger partial charge in [-0.25, -0.2) is 9.59 Å². The number of carboxylic acid groups (broad SMARTS) is 1. The third kappa shape index (κ3) is 4.93. The van der Waals surface area contributed by atoms with Crippen LogP contribution in [0, 0.1) is 0 Å². The highest BCUT2D eigenvalue weighted by Crippen LogP contribution is 2.12. The molecule has 1 aromatic rings. The van der Waals surface area contributed by atoms with Crippen LogP contribution < -0.4 is 0 Å². The highest BCUT2D eigenvalue weighted by atomic mass is 16.6. The number of hydrogen-bond donors (Lipinski definition) is 1. The minimum atomic E-state index is -1.16. The van der Waals surface area contributed by atoms with Crippen LogP contribution >= 0.6 is 0 Å². The zero-order chi connectivity index (χ0) is 14.3. The van der Waals surface area contributed by atoms with Crippen molar-refractivity contribution in [1.82, 2.24) is 0 Å². The standard InChI is InChI=1S/C14H16O5/c1-10(13(15)16)8-12(14(17)18-2)19-9-11-6-4-3-5-7-11/h3-7,12H,1,8-9H2,2H3,(H,15,16). The first-order valence-corrected chi connectivity index (χ1v) is 5.69. The third-order valence-corrected chi connectivity index (χ3v) is 2.49. The molecule has 0 saturated heterocycles. The molecule has 0 aliphatic carbocycles. The second-order valence-electron chi connectivity index (χ2n) is 3.92. The summed E-state index contributed by atoms with van der Waals surface area (Å²) in [7, 11) is 1.23. The van der Waals surface area contributed by atoms with E-state index in [1.54, 1.807) is 0 Å². The molecule has 19 heavy (non-hydrogen) atoms. The average Bonchev–Trinajstić information content (AvgIpc) is 2.43. The second-order valence-corrected chi connectivity index (χ2v) is 3.92. The number of ether oxygens (including phenoxy) is 2. The predicted molar refractivity (Wildman–Crippen MR) is 68.4 cm³/mol. The molecular weight excluding hydrogens is 248 g/mol. The van der Waals surface area contributed by atoms with Crippen molar-refractivity contribution in [1.29, 1.82) is 0 Å². The van der Waals surface area contributed by atoms with Crippen molar-refractivity contribution in [2.24, 2.45) is 0 Å². The Morgan fingerprint density at radius 2 is 1.95 bits per heavy atom. The first kappa shape index (κ1) is 14.9. The van der Waals surface area contributed by atoms with Gasteiger partial charge in [-0.05, 0) is 5.56 Å². The van der Waals surface area contributed by atoms with Gasteiger partial charge in [0.2, 0.25) is 0 Å². The van der Waals surface area contributed by atoms with Gasteiger partial charge in [0.05, 0.1) is 13.7 Å². The summed E-state index contributed by atoms with van der Waals surface area (Å²) in [5.74, 6) is -1.77. The summed E-state index contributed by atoms with van der Waals surface area (Å²) in [5.41, 5.74) is 0.792. The predicted octanol–water partition coefficient (Wildman–Crippen LogP) is 1.78. The SMILES string of the molecule is C=C(CC(OCc1ccccc1)C(=O)OC)C(=O)O. The summed E-state index contributed by atoms with van der Waals surface area (Å²) in [6.07, 6.45) is -1.07. The van der Waals surface area contributed by atoms with Crippen LogP contribution in [0.5, 0.6) is 0 Å². The Hall–Kier alpha value is -2.14. The Bertz CT molecular complexity index is 452. The summed E-state index contributed by atoms with van der Waals surface area (Å²) in [6.45, 7) is 3.58. The number of benzene rings is 1. The van der Waals surface area contributed by atoms with Crippen LogP contribution in [0.3, 0.4) is 0 Å². The van der Waals surface area contributed by atoms with Gasteiger partial charge in [-0.3, -0.25) is 0 Å². The molecule has 0 aliphatic rings. The molecule has 0 aromatic heterocycles. The summed E-state index contributed by atoms with van der Waals surface area (Å²) < 4.78 is 9.99. The third-order valence-electron chi connectivity index (χ3n) is 2.49. The van der Waals surface area contributed by atoms with E-state index in [1.165, 1.54) is 7.11 Å². The van der Waals surface area contributed by atoms with E-state index in [-0.39, 0.29) is 18.6 Å². The van der Waals surface area contributed by atoms with Crippen molar-refractivity contribution in [3.63, 3.8) is 0 Å². The molecule has 0 heterocycles. The Balaban J connectivity index is 2.62. The Kier molecular flexibility index (Phi) is 5.75. The van der Waals surface area contributed by atoms with Crippen molar-refractivity contribution in [2.75, 3.05) is 7.11 Å². The molecule has 0 bridgehead atoms. The molecule has 102 valence electrons. The molecule has 0 aliphatic heterocycles. The minimum absolute atomic E-state index is 0.0940. The minimum Gasteiger partial charge on any atom is -0.478 e. The lowest BCUT2D eigenvalue weighted by molar-refractivity contribution is -0.155. The Morgan fingerprint density at radius 1 is 1.32 bits per heavy atom. The lowest BCUT2D eigenvalue weighted by Gasteiger charge is -2.15. The molecule has 5 heteroatoms. The fraction of sp³-hybridized carbons (Fsp3) is 0.286. The number of carboxylic acids is 1. The fourth-order valence-corrected chi connectivity index (χ4v) is 1.42. The summed E-state index contributed by atoms with van der Waals surface area (Å²) in [4.78, 5) is 22.2. The summed E-state index contributed by atoms with van der Waals surface area (Å²) in [5, 5.41) is 8.76. The smallest absolute Gasteiger partial charge is 0.335 e. The maximum Gasteiger partial charge on any atom is 0.335 e. The molecule has 1 aromatic carbocycles. The van der Waals surface area contributed by atoms with Gasteiger partial charge in [0.1, 0.15) is 0 Å². The molecule has 0 spiro atoms. The van der Waals surface area contributed by atoms with Gasteiger partial charge < -0.3 is 14.6 Å². The van der Waals surface area contributed by atoms with Crippen LogP contribution in [-0.4, -0.2) is 30.3 Å². The van der Waals surface area contributed by atoms with Crippen LogP contribution in [0.4, 0.5) is 0 Å². The van der Waals surface area contributed by atoms with E-state index in [1.807, 2.05) is 30.3 Å².